The first-order valence-electron chi connectivity index (χ1n) is 6.48. The van der Waals surface area contributed by atoms with Crippen LogP contribution in [-0.4, -0.2) is 54.7 Å². The first-order chi connectivity index (χ1) is 10.8. The van der Waals surface area contributed by atoms with Crippen LogP contribution in [0.3, 0.4) is 0 Å². The number of hydroxylamine groups is 2. The maximum absolute atomic E-state index is 12.0. The third-order valence-corrected chi connectivity index (χ3v) is 4.87. The van der Waals surface area contributed by atoms with Gasteiger partial charge in [0.1, 0.15) is 11.8 Å². The number of nitrogens with one attached hydrogen (secondary N) is 1. The summed E-state index contributed by atoms with van der Waals surface area (Å²) in [5.74, 6) is -5.07. The summed E-state index contributed by atoms with van der Waals surface area (Å²) in [7, 11) is -3.74. The normalized spacial score (nSPS) is 22.5. The predicted octanol–water partition coefficient (Wildman–Crippen LogP) is -1.35. The molecule has 2 aliphatic rings. The van der Waals surface area contributed by atoms with Crippen molar-refractivity contribution in [2.45, 2.75) is 6.04 Å². The van der Waals surface area contributed by atoms with Crippen molar-refractivity contribution >= 4 is 33.5 Å². The maximum Gasteiger partial charge on any atom is 0.356 e. The number of carbonyl (C=O) groups is 4. The maximum atomic E-state index is 12.0. The Kier molecular flexibility index (Phi) is 3.40. The topological polar surface area (TPSA) is 127 Å². The van der Waals surface area contributed by atoms with E-state index in [2.05, 4.69) is 5.32 Å². The number of carbonyl (C=O) groups excluding carboxylic acids is 4. The molecule has 1 saturated heterocycles. The minimum atomic E-state index is -3.74. The lowest BCUT2D eigenvalue weighted by Crippen LogP contribution is -2.54. The Balaban J connectivity index is 1.78. The van der Waals surface area contributed by atoms with Crippen molar-refractivity contribution in [2.24, 2.45) is 0 Å². The zero-order valence-corrected chi connectivity index (χ0v) is 12.3. The SMILES string of the molecule is O=C1CS(=O)(=O)C[C@@H](C(=O)ON2C(=O)c3ccccc3C2=O)N1. The molecule has 0 aromatic heterocycles. The van der Waals surface area contributed by atoms with Crippen LogP contribution >= 0.6 is 0 Å². The van der Waals surface area contributed by atoms with Gasteiger partial charge in [0.2, 0.25) is 5.91 Å². The minimum Gasteiger partial charge on any atom is -0.341 e. The van der Waals surface area contributed by atoms with E-state index >= 15 is 0 Å². The number of fused-ring (bicyclic) bond motifs is 1. The van der Waals surface area contributed by atoms with Crippen molar-refractivity contribution in [3.63, 3.8) is 0 Å². The van der Waals surface area contributed by atoms with E-state index in [0.29, 0.717) is 0 Å². The Morgan fingerprint density at radius 3 is 2.22 bits per heavy atom. The Bertz CT molecular complexity index is 811. The van der Waals surface area contributed by atoms with Crippen LogP contribution in [0, 0.1) is 0 Å². The van der Waals surface area contributed by atoms with Gasteiger partial charge in [0.15, 0.2) is 9.84 Å². The number of hydrogen-bond acceptors (Lipinski definition) is 7. The lowest BCUT2D eigenvalue weighted by atomic mass is 10.1. The largest absolute Gasteiger partial charge is 0.356 e. The van der Waals surface area contributed by atoms with E-state index in [0.717, 1.165) is 0 Å². The molecule has 0 bridgehead atoms. The van der Waals surface area contributed by atoms with Crippen LogP contribution in [0.15, 0.2) is 24.3 Å². The molecule has 1 N–H and O–H groups in total. The quantitative estimate of drug-likeness (QED) is 0.661. The smallest absolute Gasteiger partial charge is 0.341 e. The molecule has 3 amide bonds. The molecule has 0 spiro atoms. The molecule has 1 aromatic rings. The summed E-state index contributed by atoms with van der Waals surface area (Å²) in [6, 6.07) is 4.42. The number of amides is 3. The molecule has 2 aliphatic heterocycles. The van der Waals surface area contributed by atoms with Crippen molar-refractivity contribution in [1.29, 1.82) is 0 Å². The molecule has 1 aromatic carbocycles. The van der Waals surface area contributed by atoms with Crippen LogP contribution in [0.25, 0.3) is 0 Å². The van der Waals surface area contributed by atoms with Crippen LogP contribution in [0.4, 0.5) is 0 Å². The second-order valence-corrected chi connectivity index (χ2v) is 7.14. The molecule has 2 heterocycles. The fraction of sp³-hybridized carbons (Fsp3) is 0.231. The van der Waals surface area contributed by atoms with Gasteiger partial charge in [-0.3, -0.25) is 14.4 Å². The third kappa shape index (κ3) is 2.68. The Morgan fingerprint density at radius 1 is 1.13 bits per heavy atom. The molecule has 0 radical (unpaired) electrons. The summed E-state index contributed by atoms with van der Waals surface area (Å²) in [6.07, 6.45) is 0. The zero-order valence-electron chi connectivity index (χ0n) is 11.5. The standard InChI is InChI=1S/C13H10N2O7S/c16-10-6-23(20,21)5-9(14-10)13(19)22-15-11(17)7-3-1-2-4-8(7)12(15)18/h1-4,9H,5-6H2,(H,14,16)/t9-/m0/s1. The van der Waals surface area contributed by atoms with Gasteiger partial charge >= 0.3 is 5.97 Å². The summed E-state index contributed by atoms with van der Waals surface area (Å²) < 4.78 is 23.0. The number of benzene rings is 1. The summed E-state index contributed by atoms with van der Waals surface area (Å²) in [5.41, 5.74) is 0.149. The highest BCUT2D eigenvalue weighted by molar-refractivity contribution is 7.92. The van der Waals surface area contributed by atoms with Gasteiger partial charge < -0.3 is 10.2 Å². The number of hydrogen-bond donors (Lipinski definition) is 1. The van der Waals surface area contributed by atoms with Crippen LogP contribution in [0.5, 0.6) is 0 Å². The van der Waals surface area contributed by atoms with E-state index in [9.17, 15) is 27.6 Å². The fourth-order valence-corrected chi connectivity index (χ4v) is 3.65. The lowest BCUT2D eigenvalue weighted by Gasteiger charge is -2.23. The Labute approximate surface area is 130 Å². The van der Waals surface area contributed by atoms with Gasteiger partial charge in [0, 0.05) is 0 Å². The van der Waals surface area contributed by atoms with Crippen LogP contribution < -0.4 is 5.32 Å². The summed E-state index contributed by atoms with van der Waals surface area (Å²) >= 11 is 0. The third-order valence-electron chi connectivity index (χ3n) is 3.33. The molecule has 9 nitrogen and oxygen atoms in total. The molecule has 0 aliphatic carbocycles. The average Bonchev–Trinajstić information content (AvgIpc) is 2.71. The van der Waals surface area contributed by atoms with Crippen LogP contribution in [0.2, 0.25) is 0 Å². The molecule has 10 heteroatoms. The second kappa shape index (κ2) is 5.16. The van der Waals surface area contributed by atoms with E-state index < -0.39 is 51.1 Å². The summed E-state index contributed by atoms with van der Waals surface area (Å²) in [4.78, 5) is 52.1. The average molecular weight is 338 g/mol. The van der Waals surface area contributed by atoms with E-state index in [-0.39, 0.29) is 16.2 Å². The second-order valence-electron chi connectivity index (χ2n) is 5.04. The first kappa shape index (κ1) is 15.2. The first-order valence-corrected chi connectivity index (χ1v) is 8.30. The molecule has 120 valence electrons. The van der Waals surface area contributed by atoms with Gasteiger partial charge in [-0.25, -0.2) is 13.2 Å². The zero-order chi connectivity index (χ0) is 16.8. The van der Waals surface area contributed by atoms with Crippen molar-refractivity contribution in [1.82, 2.24) is 10.4 Å². The highest BCUT2D eigenvalue weighted by atomic mass is 32.2. The number of imide groups is 1. The van der Waals surface area contributed by atoms with Crippen molar-refractivity contribution in [3.05, 3.63) is 35.4 Å². The van der Waals surface area contributed by atoms with Crippen LogP contribution in [-0.2, 0) is 24.3 Å². The molecule has 3 rings (SSSR count). The molecular weight excluding hydrogens is 328 g/mol. The van der Waals surface area contributed by atoms with Gasteiger partial charge in [-0.15, -0.1) is 0 Å². The molecule has 23 heavy (non-hydrogen) atoms. The van der Waals surface area contributed by atoms with Crippen molar-refractivity contribution in [2.75, 3.05) is 11.5 Å². The molecule has 0 unspecified atom stereocenters. The van der Waals surface area contributed by atoms with E-state index in [1.54, 1.807) is 12.1 Å². The van der Waals surface area contributed by atoms with E-state index in [4.69, 9.17) is 4.84 Å². The Morgan fingerprint density at radius 2 is 1.70 bits per heavy atom. The van der Waals surface area contributed by atoms with Gasteiger partial charge in [-0.05, 0) is 12.1 Å². The highest BCUT2D eigenvalue weighted by Gasteiger charge is 2.42. The number of nitrogens with zero attached hydrogens (tertiary/aromatic N) is 1. The molecular formula is C13H10N2O7S. The predicted molar refractivity (Wildman–Crippen MR) is 73.6 cm³/mol. The van der Waals surface area contributed by atoms with Crippen molar-refractivity contribution in [3.8, 4) is 0 Å². The lowest BCUT2D eigenvalue weighted by molar-refractivity contribution is -0.171. The monoisotopic (exact) mass is 338 g/mol. The fourth-order valence-electron chi connectivity index (χ4n) is 2.32. The highest BCUT2D eigenvalue weighted by Crippen LogP contribution is 2.23. The molecule has 0 saturated carbocycles. The van der Waals surface area contributed by atoms with Gasteiger partial charge in [0.25, 0.3) is 11.8 Å². The summed E-state index contributed by atoms with van der Waals surface area (Å²) in [6.45, 7) is 0. The van der Waals surface area contributed by atoms with Gasteiger partial charge in [-0.1, -0.05) is 17.2 Å². The van der Waals surface area contributed by atoms with E-state index in [1.807, 2.05) is 0 Å². The Hall–Kier alpha value is -2.75. The minimum absolute atomic E-state index is 0.0746. The van der Waals surface area contributed by atoms with Gasteiger partial charge in [-0.2, -0.15) is 0 Å². The number of rotatable bonds is 2. The van der Waals surface area contributed by atoms with Crippen molar-refractivity contribution < 1.29 is 32.4 Å². The summed E-state index contributed by atoms with van der Waals surface area (Å²) in [5, 5.41) is 2.42. The molecule has 1 fully saturated rings. The van der Waals surface area contributed by atoms with Crippen LogP contribution in [0.1, 0.15) is 20.7 Å². The van der Waals surface area contributed by atoms with Gasteiger partial charge in [0.05, 0.1) is 16.9 Å². The number of sulfone groups is 1. The van der Waals surface area contributed by atoms with E-state index in [1.165, 1.54) is 12.1 Å². The molecule has 1 atom stereocenters.